The summed E-state index contributed by atoms with van der Waals surface area (Å²) in [6.07, 6.45) is -3.67. The molecule has 2 atom stereocenters. The Labute approximate surface area is 230 Å². The minimum absolute atomic E-state index is 0.0155. The van der Waals surface area contributed by atoms with E-state index in [1.165, 1.54) is 24.3 Å². The molecule has 2 aliphatic rings. The average molecular weight is 560 g/mol. The summed E-state index contributed by atoms with van der Waals surface area (Å²) in [5, 5.41) is 0.601. The van der Waals surface area contributed by atoms with Gasteiger partial charge in [0.25, 0.3) is 0 Å². The van der Waals surface area contributed by atoms with Crippen LogP contribution in [-0.4, -0.2) is 55.5 Å². The summed E-state index contributed by atoms with van der Waals surface area (Å²) in [7, 11) is 1.77. The van der Waals surface area contributed by atoms with Crippen molar-refractivity contribution in [1.82, 2.24) is 9.80 Å². The highest BCUT2D eigenvalue weighted by molar-refractivity contribution is 6.30. The van der Waals surface area contributed by atoms with Crippen molar-refractivity contribution in [3.8, 4) is 0 Å². The molecule has 0 radical (unpaired) electrons. The van der Waals surface area contributed by atoms with Crippen LogP contribution in [0.2, 0.25) is 5.02 Å². The van der Waals surface area contributed by atoms with E-state index in [9.17, 15) is 22.4 Å². The fourth-order valence-electron chi connectivity index (χ4n) is 5.69. The average Bonchev–Trinajstić information content (AvgIpc) is 3.64. The molecule has 0 unspecified atom stereocenters. The lowest BCUT2D eigenvalue weighted by molar-refractivity contribution is -0.137. The Morgan fingerprint density at radius 3 is 2.31 bits per heavy atom. The predicted molar refractivity (Wildman–Crippen MR) is 144 cm³/mol. The minimum Gasteiger partial charge on any atom is -0.369 e. The van der Waals surface area contributed by atoms with Crippen molar-refractivity contribution < 1.29 is 22.4 Å². The first-order valence-electron chi connectivity index (χ1n) is 13.0. The third-order valence-corrected chi connectivity index (χ3v) is 8.17. The van der Waals surface area contributed by atoms with Gasteiger partial charge in [0.15, 0.2) is 0 Å². The Morgan fingerprint density at radius 1 is 1.00 bits per heavy atom. The van der Waals surface area contributed by atoms with Crippen molar-refractivity contribution in [3.05, 3.63) is 100 Å². The van der Waals surface area contributed by atoms with Gasteiger partial charge < -0.3 is 9.80 Å². The van der Waals surface area contributed by atoms with Crippen LogP contribution in [0.3, 0.4) is 0 Å². The second-order valence-corrected chi connectivity index (χ2v) is 10.9. The molecule has 206 valence electrons. The number of rotatable bonds is 7. The van der Waals surface area contributed by atoms with E-state index in [1.54, 1.807) is 42.3 Å². The molecule has 1 saturated heterocycles. The van der Waals surface area contributed by atoms with Gasteiger partial charge in [-0.2, -0.15) is 13.2 Å². The molecule has 5 rings (SSSR count). The second-order valence-electron chi connectivity index (χ2n) is 10.5. The molecular formula is C30H30ClF4N3O. The number of carbonyl (C=O) groups excluding carboxylic acids is 1. The largest absolute Gasteiger partial charge is 0.416 e. The molecule has 3 aromatic carbocycles. The van der Waals surface area contributed by atoms with Crippen LogP contribution < -0.4 is 4.90 Å². The van der Waals surface area contributed by atoms with Crippen LogP contribution in [0.5, 0.6) is 0 Å². The molecule has 2 fully saturated rings. The smallest absolute Gasteiger partial charge is 0.369 e. The molecule has 0 bridgehead atoms. The lowest BCUT2D eigenvalue weighted by Gasteiger charge is -2.37. The number of amides is 1. The van der Waals surface area contributed by atoms with Gasteiger partial charge in [-0.3, -0.25) is 9.69 Å². The molecule has 39 heavy (non-hydrogen) atoms. The topological polar surface area (TPSA) is 26.8 Å². The van der Waals surface area contributed by atoms with E-state index in [1.807, 2.05) is 17.0 Å². The monoisotopic (exact) mass is 559 g/mol. The SMILES string of the molecule is CN(Cc1ccc(F)cc1)C(=O)[C@@]1(c2ccc(Cl)cc2)C[C@H]1CN1CCN(c2cccc(C(F)(F)F)c2)CC1. The van der Waals surface area contributed by atoms with Gasteiger partial charge >= 0.3 is 6.18 Å². The minimum atomic E-state index is -4.37. The number of alkyl halides is 3. The molecule has 3 aromatic rings. The molecule has 1 saturated carbocycles. The fourth-order valence-corrected chi connectivity index (χ4v) is 5.82. The van der Waals surface area contributed by atoms with Crippen molar-refractivity contribution in [1.29, 1.82) is 0 Å². The molecule has 1 aliphatic heterocycles. The van der Waals surface area contributed by atoms with E-state index in [0.29, 0.717) is 49.9 Å². The molecule has 0 N–H and O–H groups in total. The molecule has 0 aromatic heterocycles. The third-order valence-electron chi connectivity index (χ3n) is 7.92. The van der Waals surface area contributed by atoms with Crippen molar-refractivity contribution >= 4 is 23.2 Å². The first kappa shape index (κ1) is 27.5. The summed E-state index contributed by atoms with van der Waals surface area (Å²) < 4.78 is 52.8. The maximum atomic E-state index is 13.9. The summed E-state index contributed by atoms with van der Waals surface area (Å²) in [6, 6.07) is 19.0. The predicted octanol–water partition coefficient (Wildman–Crippen LogP) is 6.24. The van der Waals surface area contributed by atoms with E-state index in [-0.39, 0.29) is 17.6 Å². The highest BCUT2D eigenvalue weighted by Crippen LogP contribution is 2.56. The highest BCUT2D eigenvalue weighted by Gasteiger charge is 2.61. The lowest BCUT2D eigenvalue weighted by atomic mass is 9.91. The van der Waals surface area contributed by atoms with Crippen LogP contribution in [0.25, 0.3) is 0 Å². The number of benzene rings is 3. The van der Waals surface area contributed by atoms with Gasteiger partial charge in [-0.25, -0.2) is 4.39 Å². The Hall–Kier alpha value is -3.10. The summed E-state index contributed by atoms with van der Waals surface area (Å²) in [6.45, 7) is 3.71. The summed E-state index contributed by atoms with van der Waals surface area (Å²) in [5.74, 6) is -0.204. The molecule has 0 spiro atoms. The van der Waals surface area contributed by atoms with Crippen molar-refractivity contribution in [2.45, 2.75) is 24.6 Å². The summed E-state index contributed by atoms with van der Waals surface area (Å²) in [5.41, 5.74) is 1.04. The number of likely N-dealkylation sites (N-methyl/N-ethyl adjacent to an activating group) is 1. The van der Waals surface area contributed by atoms with Crippen molar-refractivity contribution in [2.75, 3.05) is 44.7 Å². The van der Waals surface area contributed by atoms with E-state index in [0.717, 1.165) is 23.7 Å². The Kier molecular flexibility index (Phi) is 7.62. The highest BCUT2D eigenvalue weighted by atomic mass is 35.5. The van der Waals surface area contributed by atoms with Crippen LogP contribution in [-0.2, 0) is 22.9 Å². The van der Waals surface area contributed by atoms with Gasteiger partial charge in [0.1, 0.15) is 5.82 Å². The van der Waals surface area contributed by atoms with Crippen LogP contribution >= 0.6 is 11.6 Å². The van der Waals surface area contributed by atoms with Crippen LogP contribution in [0.4, 0.5) is 23.2 Å². The number of hydrogen-bond donors (Lipinski definition) is 0. The van der Waals surface area contributed by atoms with E-state index < -0.39 is 17.2 Å². The van der Waals surface area contributed by atoms with Gasteiger partial charge in [0, 0.05) is 57.0 Å². The zero-order valence-electron chi connectivity index (χ0n) is 21.6. The molecule has 1 heterocycles. The van der Waals surface area contributed by atoms with Crippen molar-refractivity contribution in [2.24, 2.45) is 5.92 Å². The third kappa shape index (κ3) is 5.92. The Bertz CT molecular complexity index is 1310. The zero-order valence-corrected chi connectivity index (χ0v) is 22.4. The van der Waals surface area contributed by atoms with Gasteiger partial charge in [-0.15, -0.1) is 0 Å². The number of carbonyl (C=O) groups is 1. The zero-order chi connectivity index (χ0) is 27.8. The van der Waals surface area contributed by atoms with E-state index >= 15 is 0 Å². The molecule has 4 nitrogen and oxygen atoms in total. The second kappa shape index (κ2) is 10.8. The maximum Gasteiger partial charge on any atom is 0.416 e. The number of anilines is 1. The number of nitrogens with zero attached hydrogens (tertiary/aromatic N) is 3. The van der Waals surface area contributed by atoms with Crippen LogP contribution in [0.15, 0.2) is 72.8 Å². The first-order valence-corrected chi connectivity index (χ1v) is 13.3. The van der Waals surface area contributed by atoms with Gasteiger partial charge in [0.05, 0.1) is 11.0 Å². The van der Waals surface area contributed by atoms with Crippen molar-refractivity contribution in [3.63, 3.8) is 0 Å². The standard InChI is InChI=1S/C30H30ClF4N3O/c1-36(19-21-5-11-26(32)12-6-21)28(39)29(22-7-9-25(31)10-8-22)18-24(29)20-37-13-15-38(16-14-37)27-4-2-3-23(17-27)30(33,34)35/h2-12,17,24H,13-16,18-20H2,1H3/t24-,29+/m0/s1. The Morgan fingerprint density at radius 2 is 1.67 bits per heavy atom. The van der Waals surface area contributed by atoms with E-state index in [2.05, 4.69) is 4.90 Å². The van der Waals surface area contributed by atoms with E-state index in [4.69, 9.17) is 11.6 Å². The van der Waals surface area contributed by atoms with Gasteiger partial charge in [-0.1, -0.05) is 41.9 Å². The summed E-state index contributed by atoms with van der Waals surface area (Å²) in [4.78, 5) is 19.9. The van der Waals surface area contributed by atoms with Crippen LogP contribution in [0, 0.1) is 11.7 Å². The maximum absolute atomic E-state index is 13.9. The summed E-state index contributed by atoms with van der Waals surface area (Å²) >= 11 is 6.13. The Balaban J connectivity index is 1.26. The molecule has 9 heteroatoms. The lowest BCUT2D eigenvalue weighted by Crippen LogP contribution is -2.48. The normalized spacial score (nSPS) is 21.6. The first-order chi connectivity index (χ1) is 18.6. The van der Waals surface area contributed by atoms with Gasteiger partial charge in [-0.05, 0) is 65.9 Å². The van der Waals surface area contributed by atoms with Crippen LogP contribution in [0.1, 0.15) is 23.1 Å². The number of hydrogen-bond acceptors (Lipinski definition) is 3. The quantitative estimate of drug-likeness (QED) is 0.321. The molecular weight excluding hydrogens is 530 g/mol. The number of piperazine rings is 1. The fraction of sp³-hybridized carbons (Fsp3) is 0.367. The number of halogens is 5. The molecule has 1 aliphatic carbocycles. The van der Waals surface area contributed by atoms with Gasteiger partial charge in [0.2, 0.25) is 5.91 Å². The molecule has 1 amide bonds.